The van der Waals surface area contributed by atoms with Crippen molar-refractivity contribution in [1.82, 2.24) is 20.1 Å². The maximum atomic E-state index is 13.0. The summed E-state index contributed by atoms with van der Waals surface area (Å²) in [6, 6.07) is 12.0. The third-order valence-electron chi connectivity index (χ3n) is 6.09. The average molecular weight is 497 g/mol. The Labute approximate surface area is 202 Å². The first-order chi connectivity index (χ1) is 16.9. The van der Waals surface area contributed by atoms with Gasteiger partial charge in [-0.05, 0) is 37.1 Å². The van der Waals surface area contributed by atoms with E-state index < -0.39 is 10.0 Å². The van der Waals surface area contributed by atoms with E-state index >= 15 is 0 Å². The number of rotatable bonds is 5. The summed E-state index contributed by atoms with van der Waals surface area (Å²) >= 11 is 0. The van der Waals surface area contributed by atoms with E-state index in [1.165, 1.54) is 0 Å². The van der Waals surface area contributed by atoms with Crippen LogP contribution in [0.4, 0.5) is 5.95 Å². The lowest BCUT2D eigenvalue weighted by Gasteiger charge is -2.33. The highest BCUT2D eigenvalue weighted by Gasteiger charge is 2.35. The number of aromatic nitrogens is 3. The summed E-state index contributed by atoms with van der Waals surface area (Å²) in [4.78, 5) is 19.5. The second-order valence-electron chi connectivity index (χ2n) is 8.23. The number of nitrogens with one attached hydrogen (secondary N) is 2. The number of H-pyrrole nitrogens is 1. The topological polar surface area (TPSA) is 139 Å². The van der Waals surface area contributed by atoms with Crippen LogP contribution in [0, 0.1) is 5.92 Å². The molecule has 1 fully saturated rings. The van der Waals surface area contributed by atoms with Gasteiger partial charge in [0.1, 0.15) is 16.4 Å². The normalized spacial score (nSPS) is 18.5. The molecule has 1 atom stereocenters. The Morgan fingerprint density at radius 2 is 1.97 bits per heavy atom. The van der Waals surface area contributed by atoms with E-state index in [1.54, 1.807) is 56.7 Å². The van der Waals surface area contributed by atoms with E-state index in [-0.39, 0.29) is 22.7 Å². The van der Waals surface area contributed by atoms with Gasteiger partial charge in [-0.3, -0.25) is 15.2 Å². The molecule has 12 heteroatoms. The summed E-state index contributed by atoms with van der Waals surface area (Å²) in [5, 5.41) is 9.71. The maximum absolute atomic E-state index is 13.0. The van der Waals surface area contributed by atoms with Gasteiger partial charge in [-0.15, -0.1) is 9.50 Å². The van der Waals surface area contributed by atoms with Gasteiger partial charge in [-0.25, -0.2) is 0 Å². The third kappa shape index (κ3) is 4.32. The second kappa shape index (κ2) is 9.02. The molecule has 0 spiro atoms. The Kier molecular flexibility index (Phi) is 5.89. The standard InChI is InChI=1S/C23H24N6O5S/c1-33-15-9-10-16(18(12-15)34-2)20-24-23(27-26-20)25-22(30)14-6-5-11-29(13-14)21-17-7-3-4-8-19(17)35(31,32)28-21/h3-4,7-10,12,14H,5-6,11,13H2,1-2H3,(H2,24,25,26,27,30). The first-order valence-electron chi connectivity index (χ1n) is 11.0. The summed E-state index contributed by atoms with van der Waals surface area (Å²) in [7, 11) is -0.605. The van der Waals surface area contributed by atoms with Gasteiger partial charge in [0.15, 0.2) is 11.7 Å². The molecule has 2 aromatic carbocycles. The van der Waals surface area contributed by atoms with Crippen LogP contribution in [0.5, 0.6) is 11.5 Å². The first kappa shape index (κ1) is 22.8. The zero-order valence-electron chi connectivity index (χ0n) is 19.2. The van der Waals surface area contributed by atoms with Gasteiger partial charge in [-0.2, -0.15) is 13.4 Å². The van der Waals surface area contributed by atoms with Crippen molar-refractivity contribution in [3.05, 3.63) is 48.0 Å². The number of methoxy groups -OCH3 is 2. The van der Waals surface area contributed by atoms with Crippen LogP contribution in [-0.2, 0) is 14.8 Å². The fourth-order valence-electron chi connectivity index (χ4n) is 4.34. The molecule has 35 heavy (non-hydrogen) atoms. The van der Waals surface area contributed by atoms with Gasteiger partial charge in [0.2, 0.25) is 11.9 Å². The van der Waals surface area contributed by atoms with Crippen LogP contribution in [0.25, 0.3) is 11.4 Å². The molecule has 5 rings (SSSR count). The number of aromatic amines is 1. The van der Waals surface area contributed by atoms with Crippen molar-refractivity contribution in [3.63, 3.8) is 0 Å². The highest BCUT2D eigenvalue weighted by atomic mass is 32.2. The lowest BCUT2D eigenvalue weighted by molar-refractivity contribution is -0.121. The number of anilines is 1. The number of ether oxygens (including phenoxy) is 2. The number of carbonyl (C=O) groups excluding carboxylic acids is 1. The fraction of sp³-hybridized carbons (Fsp3) is 0.304. The number of benzene rings is 2. The summed E-state index contributed by atoms with van der Waals surface area (Å²) in [6.45, 7) is 0.965. The third-order valence-corrected chi connectivity index (χ3v) is 7.41. The quantitative estimate of drug-likeness (QED) is 0.549. The molecule has 1 aromatic heterocycles. The number of carbonyl (C=O) groups is 1. The zero-order valence-corrected chi connectivity index (χ0v) is 20.0. The number of fused-ring (bicyclic) bond motifs is 1. The fourth-order valence-corrected chi connectivity index (χ4v) is 5.57. The number of amidine groups is 1. The van der Waals surface area contributed by atoms with Gasteiger partial charge < -0.3 is 14.4 Å². The molecular weight excluding hydrogens is 472 g/mol. The molecule has 2 aliphatic heterocycles. The molecule has 2 N–H and O–H groups in total. The number of hydrogen-bond donors (Lipinski definition) is 2. The molecule has 0 saturated carbocycles. The van der Waals surface area contributed by atoms with Gasteiger partial charge in [0, 0.05) is 24.7 Å². The Morgan fingerprint density at radius 3 is 2.77 bits per heavy atom. The highest BCUT2D eigenvalue weighted by molar-refractivity contribution is 7.90. The summed E-state index contributed by atoms with van der Waals surface area (Å²) < 4.78 is 39.5. The van der Waals surface area contributed by atoms with Crippen LogP contribution < -0.4 is 14.8 Å². The number of amides is 1. The van der Waals surface area contributed by atoms with E-state index in [0.717, 1.165) is 6.42 Å². The van der Waals surface area contributed by atoms with Crippen molar-refractivity contribution in [2.45, 2.75) is 17.7 Å². The molecule has 1 amide bonds. The summed E-state index contributed by atoms with van der Waals surface area (Å²) in [6.07, 6.45) is 1.38. The Bertz CT molecular complexity index is 1420. The number of hydrogen-bond acceptors (Lipinski definition) is 8. The summed E-state index contributed by atoms with van der Waals surface area (Å²) in [5.74, 6) is 1.55. The van der Waals surface area contributed by atoms with Gasteiger partial charge in [-0.1, -0.05) is 12.1 Å². The van der Waals surface area contributed by atoms with Crippen molar-refractivity contribution in [3.8, 4) is 22.9 Å². The van der Waals surface area contributed by atoms with Crippen molar-refractivity contribution in [1.29, 1.82) is 0 Å². The van der Waals surface area contributed by atoms with Gasteiger partial charge >= 0.3 is 0 Å². The molecular formula is C23H24N6O5S. The lowest BCUT2D eigenvalue weighted by atomic mass is 9.96. The van der Waals surface area contributed by atoms with Crippen LogP contribution in [0.2, 0.25) is 0 Å². The molecule has 0 bridgehead atoms. The predicted molar refractivity (Wildman–Crippen MR) is 128 cm³/mol. The van der Waals surface area contributed by atoms with Crippen LogP contribution in [-0.4, -0.2) is 67.6 Å². The van der Waals surface area contributed by atoms with E-state index in [4.69, 9.17) is 9.47 Å². The van der Waals surface area contributed by atoms with Gasteiger partial charge in [0.05, 0.1) is 25.7 Å². The van der Waals surface area contributed by atoms with Crippen LogP contribution in [0.1, 0.15) is 18.4 Å². The average Bonchev–Trinajstić information content (AvgIpc) is 3.45. The van der Waals surface area contributed by atoms with Crippen molar-refractivity contribution in [2.24, 2.45) is 10.3 Å². The zero-order chi connectivity index (χ0) is 24.6. The molecule has 182 valence electrons. The molecule has 11 nitrogen and oxygen atoms in total. The monoisotopic (exact) mass is 496 g/mol. The molecule has 2 aliphatic rings. The lowest BCUT2D eigenvalue weighted by Crippen LogP contribution is -2.43. The van der Waals surface area contributed by atoms with Crippen LogP contribution >= 0.6 is 0 Å². The molecule has 0 radical (unpaired) electrons. The first-order valence-corrected chi connectivity index (χ1v) is 12.5. The van der Waals surface area contributed by atoms with Crippen molar-refractivity contribution < 1.29 is 22.7 Å². The van der Waals surface area contributed by atoms with Crippen LogP contribution in [0.15, 0.2) is 51.8 Å². The number of sulfonamides is 1. The minimum atomic E-state index is -3.72. The highest BCUT2D eigenvalue weighted by Crippen LogP contribution is 2.32. The van der Waals surface area contributed by atoms with Gasteiger partial charge in [0.25, 0.3) is 10.0 Å². The Morgan fingerprint density at radius 1 is 1.14 bits per heavy atom. The largest absolute Gasteiger partial charge is 0.497 e. The minimum absolute atomic E-state index is 0.145. The van der Waals surface area contributed by atoms with E-state index in [1.807, 2.05) is 4.90 Å². The Hall–Kier alpha value is -3.93. The molecule has 3 heterocycles. The van der Waals surface area contributed by atoms with Crippen molar-refractivity contribution >= 4 is 27.7 Å². The second-order valence-corrected chi connectivity index (χ2v) is 9.81. The van der Waals surface area contributed by atoms with Crippen molar-refractivity contribution in [2.75, 3.05) is 32.6 Å². The molecule has 0 aliphatic carbocycles. The molecule has 1 unspecified atom stereocenters. The predicted octanol–water partition coefficient (Wildman–Crippen LogP) is 2.29. The van der Waals surface area contributed by atoms with E-state index in [0.29, 0.717) is 53.8 Å². The number of likely N-dealkylation sites (tertiary alicyclic amines) is 1. The smallest absolute Gasteiger partial charge is 0.285 e. The molecule has 1 saturated heterocycles. The minimum Gasteiger partial charge on any atom is -0.497 e. The van der Waals surface area contributed by atoms with E-state index in [9.17, 15) is 13.2 Å². The van der Waals surface area contributed by atoms with E-state index in [2.05, 4.69) is 24.9 Å². The SMILES string of the molecule is COc1ccc(-c2nc(NC(=O)C3CCCN(C4=NS(=O)(=O)c5ccccc54)C3)n[nH]2)c(OC)c1. The maximum Gasteiger partial charge on any atom is 0.285 e. The number of nitrogens with zero attached hydrogens (tertiary/aromatic N) is 4. The summed E-state index contributed by atoms with van der Waals surface area (Å²) in [5.41, 5.74) is 1.24. The van der Waals surface area contributed by atoms with Crippen LogP contribution in [0.3, 0.4) is 0 Å². The number of piperidine rings is 1. The Balaban J connectivity index is 1.30. The molecule has 3 aromatic rings.